The zero-order chi connectivity index (χ0) is 17.4. The summed E-state index contributed by atoms with van der Waals surface area (Å²) in [6.45, 7) is 3.83. The van der Waals surface area contributed by atoms with Crippen molar-refractivity contribution in [1.29, 1.82) is 0 Å². The molecule has 2 aromatic rings. The molecule has 0 spiro atoms. The minimum Gasteiger partial charge on any atom is -0.478 e. The highest BCUT2D eigenvalue weighted by molar-refractivity contribution is 8.27. The van der Waals surface area contributed by atoms with E-state index in [4.69, 9.17) is 17.3 Å². The van der Waals surface area contributed by atoms with Gasteiger partial charge in [-0.25, -0.2) is 4.79 Å². The van der Waals surface area contributed by atoms with Crippen LogP contribution in [0.1, 0.15) is 27.3 Å². The topological polar surface area (TPSA) is 62.5 Å². The number of carboxylic acid groups (broad SMARTS) is 1. The summed E-state index contributed by atoms with van der Waals surface area (Å²) >= 11 is 6.60. The molecule has 1 aromatic carbocycles. The second-order valence-electron chi connectivity index (χ2n) is 5.35. The number of hydrogen-bond acceptors (Lipinski definition) is 4. The number of nitrogens with zero attached hydrogens (tertiary/aromatic N) is 2. The first-order chi connectivity index (χ1) is 11.4. The Hall–Kier alpha value is -2.38. The normalized spacial score (nSPS) is 16.2. The van der Waals surface area contributed by atoms with Gasteiger partial charge in [0.25, 0.3) is 5.91 Å². The minimum atomic E-state index is -0.980. The molecule has 0 aliphatic carbocycles. The highest BCUT2D eigenvalue weighted by Crippen LogP contribution is 2.32. The highest BCUT2D eigenvalue weighted by atomic mass is 32.2. The number of carbonyl (C=O) groups excluding carboxylic acids is 1. The van der Waals surface area contributed by atoms with E-state index in [1.165, 1.54) is 28.9 Å². The number of aromatic carboxylic acids is 1. The molecule has 24 heavy (non-hydrogen) atoms. The van der Waals surface area contributed by atoms with Crippen molar-refractivity contribution >= 4 is 46.3 Å². The zero-order valence-electron chi connectivity index (χ0n) is 13.0. The maximum absolute atomic E-state index is 12.7. The molecule has 0 radical (unpaired) electrons. The largest absolute Gasteiger partial charge is 0.478 e. The van der Waals surface area contributed by atoms with Crippen molar-refractivity contribution in [3.05, 3.63) is 63.8 Å². The lowest BCUT2D eigenvalue weighted by atomic mass is 10.1. The van der Waals surface area contributed by atoms with Crippen molar-refractivity contribution in [3.8, 4) is 0 Å². The number of thiocarbonyl (C=S) groups is 1. The average molecular weight is 358 g/mol. The van der Waals surface area contributed by atoms with Gasteiger partial charge in [0, 0.05) is 11.4 Å². The summed E-state index contributed by atoms with van der Waals surface area (Å²) in [5.41, 5.74) is 2.81. The first-order valence-electron chi connectivity index (χ1n) is 7.15. The van der Waals surface area contributed by atoms with E-state index in [9.17, 15) is 9.59 Å². The summed E-state index contributed by atoms with van der Waals surface area (Å²) in [6, 6.07) is 10.2. The lowest BCUT2D eigenvalue weighted by Crippen LogP contribution is -2.39. The van der Waals surface area contributed by atoms with Gasteiger partial charge in [0.05, 0.1) is 10.5 Å². The van der Waals surface area contributed by atoms with Crippen LogP contribution in [0.2, 0.25) is 0 Å². The fourth-order valence-electron chi connectivity index (χ4n) is 2.48. The molecule has 3 rings (SSSR count). The Morgan fingerprint density at radius 1 is 1.12 bits per heavy atom. The van der Waals surface area contributed by atoms with Crippen LogP contribution in [-0.4, -0.2) is 26.0 Å². The van der Waals surface area contributed by atoms with E-state index in [2.05, 4.69) is 0 Å². The first-order valence-corrected chi connectivity index (χ1v) is 8.37. The average Bonchev–Trinajstić information content (AvgIpc) is 3.00. The van der Waals surface area contributed by atoms with Crippen LogP contribution in [0, 0.1) is 13.8 Å². The van der Waals surface area contributed by atoms with Gasteiger partial charge in [0.15, 0.2) is 4.32 Å². The van der Waals surface area contributed by atoms with E-state index in [0.717, 1.165) is 17.0 Å². The maximum atomic E-state index is 12.7. The molecule has 0 bridgehead atoms. The van der Waals surface area contributed by atoms with E-state index in [1.54, 1.807) is 22.9 Å². The molecule has 1 N–H and O–H groups in total. The smallest absolute Gasteiger partial charge is 0.335 e. The van der Waals surface area contributed by atoms with E-state index in [0.29, 0.717) is 9.23 Å². The molecule has 1 saturated heterocycles. The molecule has 122 valence electrons. The number of carbonyl (C=O) groups is 2. The summed E-state index contributed by atoms with van der Waals surface area (Å²) in [5, 5.41) is 10.4. The molecule has 0 saturated carbocycles. The van der Waals surface area contributed by atoms with Gasteiger partial charge in [-0.05, 0) is 62.0 Å². The summed E-state index contributed by atoms with van der Waals surface area (Å²) < 4.78 is 2.27. The molecule has 2 heterocycles. The van der Waals surface area contributed by atoms with Gasteiger partial charge in [-0.15, -0.1) is 0 Å². The molecule has 1 aliphatic rings. The molecular formula is C17H14N2O3S2. The van der Waals surface area contributed by atoms with Crippen molar-refractivity contribution < 1.29 is 14.7 Å². The van der Waals surface area contributed by atoms with Crippen LogP contribution in [0.25, 0.3) is 6.08 Å². The molecule has 1 aromatic heterocycles. The molecule has 0 atom stereocenters. The van der Waals surface area contributed by atoms with Crippen LogP contribution in [0.3, 0.4) is 0 Å². The summed E-state index contributed by atoms with van der Waals surface area (Å²) in [4.78, 5) is 24.1. The van der Waals surface area contributed by atoms with Gasteiger partial charge in [0.2, 0.25) is 0 Å². The predicted molar refractivity (Wildman–Crippen MR) is 98.7 cm³/mol. The number of amides is 1. The van der Waals surface area contributed by atoms with Gasteiger partial charge in [-0.1, -0.05) is 23.9 Å². The van der Waals surface area contributed by atoms with E-state index >= 15 is 0 Å². The molecule has 5 nitrogen and oxygen atoms in total. The number of carboxylic acids is 1. The second-order valence-corrected chi connectivity index (χ2v) is 7.02. The molecule has 1 amide bonds. The van der Waals surface area contributed by atoms with Crippen molar-refractivity contribution in [3.63, 3.8) is 0 Å². The lowest BCUT2D eigenvalue weighted by Gasteiger charge is -2.20. The summed E-state index contributed by atoms with van der Waals surface area (Å²) in [5.74, 6) is -1.17. The first kappa shape index (κ1) is 16.5. The highest BCUT2D eigenvalue weighted by Gasteiger charge is 2.34. The number of rotatable bonds is 3. The fourth-order valence-corrected chi connectivity index (χ4v) is 3.72. The SMILES string of the molecule is Cc1ccc(C)n1N1C(=O)C(=Cc2ccc(C(=O)O)cc2)SC1=S. The minimum absolute atomic E-state index is 0.185. The summed E-state index contributed by atoms with van der Waals surface area (Å²) in [7, 11) is 0. The van der Waals surface area contributed by atoms with Crippen LogP contribution in [0.5, 0.6) is 0 Å². The van der Waals surface area contributed by atoms with Crippen LogP contribution in [0.15, 0.2) is 41.3 Å². The van der Waals surface area contributed by atoms with Gasteiger partial charge >= 0.3 is 5.97 Å². The van der Waals surface area contributed by atoms with E-state index in [1.807, 2.05) is 26.0 Å². The Morgan fingerprint density at radius 2 is 1.71 bits per heavy atom. The predicted octanol–water partition coefficient (Wildman–Crippen LogP) is 3.34. The van der Waals surface area contributed by atoms with Crippen molar-refractivity contribution in [2.24, 2.45) is 0 Å². The summed E-state index contributed by atoms with van der Waals surface area (Å²) in [6.07, 6.45) is 1.72. The van der Waals surface area contributed by atoms with Crippen molar-refractivity contribution in [2.75, 3.05) is 5.01 Å². The fraction of sp³-hybridized carbons (Fsp3) is 0.118. The van der Waals surface area contributed by atoms with Gasteiger partial charge in [-0.3, -0.25) is 9.47 Å². The Morgan fingerprint density at radius 3 is 2.25 bits per heavy atom. The van der Waals surface area contributed by atoms with Crippen LogP contribution in [0.4, 0.5) is 0 Å². The number of aryl methyl sites for hydroxylation is 2. The standard InChI is InChI=1S/C17H14N2O3S2/c1-10-3-4-11(2)18(10)19-15(20)14(24-17(19)23)9-12-5-7-13(8-6-12)16(21)22/h3-9H,1-2H3,(H,21,22). The molecule has 0 unspecified atom stereocenters. The van der Waals surface area contributed by atoms with Gasteiger partial charge in [-0.2, -0.15) is 5.01 Å². The Labute approximate surface area is 148 Å². The Bertz CT molecular complexity index is 862. The van der Waals surface area contributed by atoms with E-state index in [-0.39, 0.29) is 11.5 Å². The van der Waals surface area contributed by atoms with Crippen molar-refractivity contribution in [1.82, 2.24) is 4.68 Å². The van der Waals surface area contributed by atoms with E-state index < -0.39 is 5.97 Å². The maximum Gasteiger partial charge on any atom is 0.335 e. The Balaban J connectivity index is 1.92. The quantitative estimate of drug-likeness (QED) is 0.673. The molecule has 7 heteroatoms. The zero-order valence-corrected chi connectivity index (χ0v) is 14.6. The third-order valence-corrected chi connectivity index (χ3v) is 4.95. The molecule has 1 fully saturated rings. The number of aromatic nitrogens is 1. The number of thioether (sulfide) groups is 1. The third-order valence-electron chi connectivity index (χ3n) is 3.66. The van der Waals surface area contributed by atoms with Crippen LogP contribution < -0.4 is 5.01 Å². The Kier molecular flexibility index (Phi) is 4.29. The third kappa shape index (κ3) is 2.88. The number of benzene rings is 1. The van der Waals surface area contributed by atoms with Crippen molar-refractivity contribution in [2.45, 2.75) is 13.8 Å². The van der Waals surface area contributed by atoms with Crippen LogP contribution >= 0.6 is 24.0 Å². The van der Waals surface area contributed by atoms with Gasteiger partial charge in [0.1, 0.15) is 0 Å². The molecular weight excluding hydrogens is 344 g/mol. The monoisotopic (exact) mass is 358 g/mol. The van der Waals surface area contributed by atoms with Gasteiger partial charge < -0.3 is 5.11 Å². The second kappa shape index (κ2) is 6.26. The number of hydrogen-bond donors (Lipinski definition) is 1. The lowest BCUT2D eigenvalue weighted by molar-refractivity contribution is -0.114. The van der Waals surface area contributed by atoms with Crippen LogP contribution in [-0.2, 0) is 4.79 Å². The molecule has 1 aliphatic heterocycles.